The smallest absolute Gasteiger partial charge is 0.346 e. The molecule has 2 rings (SSSR count). The molecule has 1 atom stereocenters. The van der Waals surface area contributed by atoms with Crippen LogP contribution in [0.1, 0.15) is 38.8 Å². The third-order valence-electron chi connectivity index (χ3n) is 2.98. The summed E-state index contributed by atoms with van der Waals surface area (Å²) in [5, 5.41) is 4.27. The van der Waals surface area contributed by atoms with Gasteiger partial charge in [0.1, 0.15) is 11.9 Å². The summed E-state index contributed by atoms with van der Waals surface area (Å²) in [4.78, 5) is 17.3. The lowest BCUT2D eigenvalue weighted by Crippen LogP contribution is -2.38. The van der Waals surface area contributed by atoms with Gasteiger partial charge in [-0.2, -0.15) is 10.1 Å². The SMILES string of the molecule is CCCn1cc(C2C(N)=NC(=O)N2C(C)C)cn1. The fourth-order valence-corrected chi connectivity index (χ4v) is 2.20. The third-order valence-corrected chi connectivity index (χ3v) is 2.98. The number of rotatable bonds is 4. The maximum atomic E-state index is 11.8. The molecule has 0 radical (unpaired) electrons. The van der Waals surface area contributed by atoms with E-state index in [1.165, 1.54) is 0 Å². The zero-order valence-electron chi connectivity index (χ0n) is 11.0. The Morgan fingerprint density at radius 3 is 2.83 bits per heavy atom. The summed E-state index contributed by atoms with van der Waals surface area (Å²) in [5.74, 6) is 0.352. The van der Waals surface area contributed by atoms with Crippen LogP contribution in [-0.4, -0.2) is 32.6 Å². The second-order valence-corrected chi connectivity index (χ2v) is 4.76. The number of hydrogen-bond donors (Lipinski definition) is 1. The van der Waals surface area contributed by atoms with E-state index in [1.54, 1.807) is 11.1 Å². The molecule has 0 saturated carbocycles. The van der Waals surface area contributed by atoms with Crippen LogP contribution < -0.4 is 5.73 Å². The van der Waals surface area contributed by atoms with E-state index in [0.29, 0.717) is 5.84 Å². The quantitative estimate of drug-likeness (QED) is 0.879. The Kier molecular flexibility index (Phi) is 3.36. The highest BCUT2D eigenvalue weighted by Crippen LogP contribution is 2.28. The second-order valence-electron chi connectivity index (χ2n) is 4.76. The monoisotopic (exact) mass is 249 g/mol. The number of urea groups is 1. The van der Waals surface area contributed by atoms with Gasteiger partial charge >= 0.3 is 6.03 Å². The molecular weight excluding hydrogens is 230 g/mol. The first-order valence-electron chi connectivity index (χ1n) is 6.23. The minimum atomic E-state index is -0.275. The van der Waals surface area contributed by atoms with Crippen molar-refractivity contribution in [2.75, 3.05) is 0 Å². The Labute approximate surface area is 106 Å². The highest BCUT2D eigenvalue weighted by molar-refractivity contribution is 6.03. The summed E-state index contributed by atoms with van der Waals surface area (Å²) in [7, 11) is 0. The van der Waals surface area contributed by atoms with Crippen molar-refractivity contribution in [3.05, 3.63) is 18.0 Å². The van der Waals surface area contributed by atoms with E-state index in [-0.39, 0.29) is 18.1 Å². The first-order chi connectivity index (χ1) is 8.54. The van der Waals surface area contributed by atoms with Crippen LogP contribution in [0.3, 0.4) is 0 Å². The Morgan fingerprint density at radius 2 is 2.22 bits per heavy atom. The lowest BCUT2D eigenvalue weighted by atomic mass is 10.1. The molecule has 0 fully saturated rings. The van der Waals surface area contributed by atoms with Crippen LogP contribution in [0.5, 0.6) is 0 Å². The third kappa shape index (κ3) is 2.10. The zero-order valence-corrected chi connectivity index (χ0v) is 11.0. The van der Waals surface area contributed by atoms with Crippen molar-refractivity contribution in [1.82, 2.24) is 14.7 Å². The highest BCUT2D eigenvalue weighted by Gasteiger charge is 2.36. The molecule has 6 heteroatoms. The summed E-state index contributed by atoms with van der Waals surface area (Å²) in [6.45, 7) is 6.86. The van der Waals surface area contributed by atoms with E-state index in [9.17, 15) is 4.79 Å². The number of amidine groups is 1. The number of nitrogens with zero attached hydrogens (tertiary/aromatic N) is 4. The molecule has 1 aliphatic heterocycles. The van der Waals surface area contributed by atoms with Gasteiger partial charge in [0.2, 0.25) is 0 Å². The normalized spacial score (nSPS) is 19.8. The Bertz CT molecular complexity index is 477. The average Bonchev–Trinajstić information content (AvgIpc) is 2.83. The Morgan fingerprint density at radius 1 is 1.50 bits per heavy atom. The molecule has 0 aromatic carbocycles. The fourth-order valence-electron chi connectivity index (χ4n) is 2.20. The molecule has 1 aliphatic rings. The van der Waals surface area contributed by atoms with Gasteiger partial charge in [-0.1, -0.05) is 6.92 Å². The predicted molar refractivity (Wildman–Crippen MR) is 69.3 cm³/mol. The summed E-state index contributed by atoms with van der Waals surface area (Å²) >= 11 is 0. The van der Waals surface area contributed by atoms with E-state index < -0.39 is 0 Å². The van der Waals surface area contributed by atoms with Crippen LogP contribution in [0, 0.1) is 0 Å². The lowest BCUT2D eigenvalue weighted by Gasteiger charge is -2.26. The Balaban J connectivity index is 2.29. The number of carbonyl (C=O) groups excluding carboxylic acids is 1. The van der Waals surface area contributed by atoms with Crippen molar-refractivity contribution < 1.29 is 4.79 Å². The van der Waals surface area contributed by atoms with Gasteiger partial charge in [0.05, 0.1) is 6.20 Å². The van der Waals surface area contributed by atoms with Crippen LogP contribution >= 0.6 is 0 Å². The van der Waals surface area contributed by atoms with E-state index in [0.717, 1.165) is 18.5 Å². The van der Waals surface area contributed by atoms with E-state index in [4.69, 9.17) is 5.73 Å². The van der Waals surface area contributed by atoms with Crippen molar-refractivity contribution in [2.45, 2.75) is 45.8 Å². The molecule has 0 aliphatic carbocycles. The first-order valence-corrected chi connectivity index (χ1v) is 6.23. The molecule has 2 N–H and O–H groups in total. The molecule has 0 saturated heterocycles. The molecule has 0 bridgehead atoms. The fraction of sp³-hybridized carbons (Fsp3) is 0.583. The topological polar surface area (TPSA) is 76.5 Å². The van der Waals surface area contributed by atoms with Gasteiger partial charge in [-0.15, -0.1) is 0 Å². The second kappa shape index (κ2) is 4.80. The molecular formula is C12H19N5O. The number of amides is 2. The van der Waals surface area contributed by atoms with Gasteiger partial charge in [0, 0.05) is 24.3 Å². The van der Waals surface area contributed by atoms with Crippen LogP contribution in [0.2, 0.25) is 0 Å². The van der Waals surface area contributed by atoms with E-state index in [1.807, 2.05) is 24.7 Å². The number of aliphatic imine (C=N–C) groups is 1. The lowest BCUT2D eigenvalue weighted by molar-refractivity contribution is 0.190. The van der Waals surface area contributed by atoms with Crippen molar-refractivity contribution in [3.8, 4) is 0 Å². The molecule has 98 valence electrons. The van der Waals surface area contributed by atoms with Gasteiger partial charge in [0.15, 0.2) is 0 Å². The van der Waals surface area contributed by atoms with Gasteiger partial charge in [-0.05, 0) is 20.3 Å². The molecule has 1 aromatic heterocycles. The molecule has 2 heterocycles. The molecule has 2 amide bonds. The zero-order chi connectivity index (χ0) is 13.3. The van der Waals surface area contributed by atoms with Gasteiger partial charge < -0.3 is 10.6 Å². The molecule has 6 nitrogen and oxygen atoms in total. The first kappa shape index (κ1) is 12.6. The van der Waals surface area contributed by atoms with Gasteiger partial charge in [-0.25, -0.2) is 4.79 Å². The predicted octanol–water partition coefficient (Wildman–Crippen LogP) is 1.54. The minimum Gasteiger partial charge on any atom is -0.385 e. The summed E-state index contributed by atoms with van der Waals surface area (Å²) in [6.07, 6.45) is 4.71. The van der Waals surface area contributed by atoms with Crippen molar-refractivity contribution in [1.29, 1.82) is 0 Å². The summed E-state index contributed by atoms with van der Waals surface area (Å²) < 4.78 is 1.86. The molecule has 1 aromatic rings. The highest BCUT2D eigenvalue weighted by atomic mass is 16.2. The van der Waals surface area contributed by atoms with Crippen LogP contribution in [-0.2, 0) is 6.54 Å². The summed E-state index contributed by atoms with van der Waals surface area (Å²) in [5.41, 5.74) is 6.78. The van der Waals surface area contributed by atoms with E-state index in [2.05, 4.69) is 17.0 Å². The maximum Gasteiger partial charge on any atom is 0.346 e. The van der Waals surface area contributed by atoms with Gasteiger partial charge in [0.25, 0.3) is 0 Å². The summed E-state index contributed by atoms with van der Waals surface area (Å²) in [6, 6.07) is -0.485. The van der Waals surface area contributed by atoms with Crippen molar-refractivity contribution in [3.63, 3.8) is 0 Å². The average molecular weight is 249 g/mol. The standard InChI is InChI=1S/C12H19N5O/c1-4-5-16-7-9(6-14-16)10-11(13)15-12(18)17(10)8(2)3/h6-8,10H,4-5H2,1-3H3,(H2,13,15,18). The number of aryl methyl sites for hydroxylation is 1. The van der Waals surface area contributed by atoms with Crippen LogP contribution in [0.4, 0.5) is 4.79 Å². The number of aromatic nitrogens is 2. The molecule has 1 unspecified atom stereocenters. The number of hydrogen-bond acceptors (Lipinski definition) is 3. The number of nitrogens with two attached hydrogens (primary N) is 1. The van der Waals surface area contributed by atoms with Crippen molar-refractivity contribution in [2.24, 2.45) is 10.7 Å². The minimum absolute atomic E-state index is 0.0572. The Hall–Kier alpha value is -1.85. The van der Waals surface area contributed by atoms with Gasteiger partial charge in [-0.3, -0.25) is 4.68 Å². The number of carbonyl (C=O) groups is 1. The van der Waals surface area contributed by atoms with Crippen LogP contribution in [0.15, 0.2) is 17.4 Å². The van der Waals surface area contributed by atoms with Crippen LogP contribution in [0.25, 0.3) is 0 Å². The van der Waals surface area contributed by atoms with Crippen molar-refractivity contribution >= 4 is 11.9 Å². The molecule has 0 spiro atoms. The largest absolute Gasteiger partial charge is 0.385 e. The maximum absolute atomic E-state index is 11.8. The molecule has 18 heavy (non-hydrogen) atoms. The van der Waals surface area contributed by atoms with E-state index >= 15 is 0 Å².